The molecule has 0 spiro atoms. The van der Waals surface area contributed by atoms with E-state index in [0.717, 1.165) is 42.3 Å². The number of hydrogen-bond acceptors (Lipinski definition) is 8. The molecule has 12 heteroatoms. The molecule has 4 rings (SSSR count). The van der Waals surface area contributed by atoms with Gasteiger partial charge in [-0.25, -0.2) is 0 Å². The molecule has 1 saturated heterocycles. The van der Waals surface area contributed by atoms with Crippen LogP contribution in [0.3, 0.4) is 0 Å². The molecule has 3 heterocycles. The number of carboxylic acid groups (broad SMARTS) is 1. The zero-order valence-electron chi connectivity index (χ0n) is 26.7. The summed E-state index contributed by atoms with van der Waals surface area (Å²) in [6.45, 7) is 5.09. The number of carbonyl (C=O) groups excluding carboxylic acids is 1. The Hall–Kier alpha value is -3.64. The number of fused-ring (bicyclic) bond motifs is 1. The number of ether oxygens (including phenoxy) is 3. The van der Waals surface area contributed by atoms with E-state index in [-0.39, 0.29) is 37.5 Å². The van der Waals surface area contributed by atoms with E-state index in [1.807, 2.05) is 9.80 Å². The van der Waals surface area contributed by atoms with Gasteiger partial charge < -0.3 is 38.9 Å². The average Bonchev–Trinajstić information content (AvgIpc) is 3.67. The lowest BCUT2D eigenvalue weighted by molar-refractivity contribution is -0.870. The third kappa shape index (κ3) is 7.89. The lowest BCUT2D eigenvalue weighted by Gasteiger charge is -2.30. The Labute approximate surface area is 259 Å². The van der Waals surface area contributed by atoms with E-state index in [2.05, 4.69) is 28.1 Å². The van der Waals surface area contributed by atoms with Crippen LogP contribution < -0.4 is 14.2 Å². The van der Waals surface area contributed by atoms with Crippen LogP contribution in [-0.4, -0.2) is 120 Å². The van der Waals surface area contributed by atoms with Gasteiger partial charge in [0.1, 0.15) is 0 Å². The van der Waals surface area contributed by atoms with Gasteiger partial charge in [-0.3, -0.25) is 19.1 Å². The molecule has 12 nitrogen and oxygen atoms in total. The fraction of sp³-hybridized carbons (Fsp3) is 0.625. The van der Waals surface area contributed by atoms with Crippen LogP contribution in [0.4, 0.5) is 0 Å². The SMILES string of the molecule is CCCCN(CCCC[N+](C)(C)C)C(=O)CN1C[C@H](c2cc(OC)c3c(c2)OCO3)[C@@H](C(=O)O)[C@@H]1CCn1c(O)ccc1O. The number of carboxylic acids is 1. The van der Waals surface area contributed by atoms with Crippen LogP contribution in [0.15, 0.2) is 24.3 Å². The predicted molar refractivity (Wildman–Crippen MR) is 164 cm³/mol. The number of quaternary nitrogens is 1. The van der Waals surface area contributed by atoms with Gasteiger partial charge in [-0.05, 0) is 43.4 Å². The first kappa shape index (κ1) is 33.3. The topological polar surface area (TPSA) is 134 Å². The molecule has 1 aromatic carbocycles. The first-order valence-electron chi connectivity index (χ1n) is 15.5. The van der Waals surface area contributed by atoms with Gasteiger partial charge >= 0.3 is 5.97 Å². The van der Waals surface area contributed by atoms with E-state index < -0.39 is 23.8 Å². The Morgan fingerprint density at radius 1 is 1.07 bits per heavy atom. The van der Waals surface area contributed by atoms with Crippen molar-refractivity contribution >= 4 is 11.9 Å². The third-order valence-electron chi connectivity index (χ3n) is 8.70. The van der Waals surface area contributed by atoms with Gasteiger partial charge in [0.05, 0.1) is 47.3 Å². The summed E-state index contributed by atoms with van der Waals surface area (Å²) < 4.78 is 18.9. The van der Waals surface area contributed by atoms with Gasteiger partial charge in [-0.1, -0.05) is 13.3 Å². The monoisotopic (exact) mass is 617 g/mol. The number of rotatable bonds is 16. The fourth-order valence-corrected chi connectivity index (χ4v) is 6.36. The van der Waals surface area contributed by atoms with E-state index in [4.69, 9.17) is 14.2 Å². The van der Waals surface area contributed by atoms with Crippen molar-refractivity contribution in [3.63, 3.8) is 0 Å². The smallest absolute Gasteiger partial charge is 0.308 e. The van der Waals surface area contributed by atoms with Gasteiger partial charge in [0.25, 0.3) is 0 Å². The molecule has 244 valence electrons. The van der Waals surface area contributed by atoms with E-state index in [1.54, 1.807) is 12.1 Å². The number of aliphatic carboxylic acids is 1. The van der Waals surface area contributed by atoms with Crippen LogP contribution in [0.25, 0.3) is 0 Å². The molecule has 0 unspecified atom stereocenters. The number of nitrogens with zero attached hydrogens (tertiary/aromatic N) is 4. The molecule has 2 aliphatic heterocycles. The zero-order valence-corrected chi connectivity index (χ0v) is 26.7. The molecule has 0 saturated carbocycles. The third-order valence-corrected chi connectivity index (χ3v) is 8.70. The standard InChI is InChI=1S/C32H48N4O8/c1-6-7-13-33(14-8-9-16-36(2,3)4)29(39)20-34-19-23(22-17-25(42-5)31-26(18-22)43-21-44-31)30(32(40)41)24(34)12-15-35-27(37)10-11-28(35)38/h10-11,17-18,23-24,30H,6-9,12-16,19-21H2,1-5H3,(H2-,37,38,40,41)/p+1/t23-,24+,30-/m1/s1. The molecule has 0 radical (unpaired) electrons. The maximum Gasteiger partial charge on any atom is 0.308 e. The molecule has 2 aromatic rings. The highest BCUT2D eigenvalue weighted by molar-refractivity contribution is 5.79. The molecule has 1 amide bonds. The highest BCUT2D eigenvalue weighted by Crippen LogP contribution is 2.47. The molecule has 44 heavy (non-hydrogen) atoms. The van der Waals surface area contributed by atoms with Crippen molar-refractivity contribution in [3.05, 3.63) is 29.8 Å². The van der Waals surface area contributed by atoms with Crippen molar-refractivity contribution in [2.24, 2.45) is 5.92 Å². The van der Waals surface area contributed by atoms with Crippen molar-refractivity contribution in [2.75, 3.05) is 67.8 Å². The van der Waals surface area contributed by atoms with Gasteiger partial charge in [-0.2, -0.15) is 0 Å². The van der Waals surface area contributed by atoms with Gasteiger partial charge in [0.15, 0.2) is 23.3 Å². The summed E-state index contributed by atoms with van der Waals surface area (Å²) in [5.74, 6) is -1.08. The summed E-state index contributed by atoms with van der Waals surface area (Å²) in [6.07, 6.45) is 4.07. The first-order chi connectivity index (χ1) is 20.9. The molecule has 0 bridgehead atoms. The Morgan fingerprint density at radius 3 is 2.41 bits per heavy atom. The van der Waals surface area contributed by atoms with Gasteiger partial charge in [0.2, 0.25) is 18.4 Å². The number of amides is 1. The Bertz CT molecular complexity index is 1270. The van der Waals surface area contributed by atoms with Crippen LogP contribution >= 0.6 is 0 Å². The van der Waals surface area contributed by atoms with Crippen molar-refractivity contribution in [1.29, 1.82) is 0 Å². The molecule has 3 N–H and O–H groups in total. The van der Waals surface area contributed by atoms with Crippen molar-refractivity contribution in [3.8, 4) is 29.0 Å². The average molecular weight is 618 g/mol. The summed E-state index contributed by atoms with van der Waals surface area (Å²) in [6, 6.07) is 5.85. The number of aromatic hydroxyl groups is 2. The predicted octanol–water partition coefficient (Wildman–Crippen LogP) is 3.31. The van der Waals surface area contributed by atoms with Crippen LogP contribution in [0.5, 0.6) is 29.0 Å². The molecule has 1 fully saturated rings. The van der Waals surface area contributed by atoms with E-state index in [0.29, 0.717) is 43.3 Å². The molecule has 1 aromatic heterocycles. The van der Waals surface area contributed by atoms with Crippen LogP contribution in [0.2, 0.25) is 0 Å². The highest BCUT2D eigenvalue weighted by atomic mass is 16.7. The quantitative estimate of drug-likeness (QED) is 0.192. The molecular formula is C32H49N4O8+. The number of benzene rings is 1. The van der Waals surface area contributed by atoms with Crippen LogP contribution in [-0.2, 0) is 16.1 Å². The normalized spacial score (nSPS) is 19.8. The van der Waals surface area contributed by atoms with E-state index in [1.165, 1.54) is 23.8 Å². The summed E-state index contributed by atoms with van der Waals surface area (Å²) in [5, 5.41) is 31.1. The maximum absolute atomic E-state index is 13.8. The van der Waals surface area contributed by atoms with E-state index in [9.17, 15) is 24.9 Å². The maximum atomic E-state index is 13.8. The fourth-order valence-electron chi connectivity index (χ4n) is 6.36. The second kappa shape index (κ2) is 14.4. The Morgan fingerprint density at radius 2 is 1.77 bits per heavy atom. The summed E-state index contributed by atoms with van der Waals surface area (Å²) in [4.78, 5) is 30.7. The Kier molecular flexibility index (Phi) is 10.9. The second-order valence-electron chi connectivity index (χ2n) is 12.9. The lowest BCUT2D eigenvalue weighted by atomic mass is 9.84. The molecule has 0 aliphatic carbocycles. The minimum atomic E-state index is -0.976. The molecule has 2 aliphatic rings. The molecule has 3 atom stereocenters. The number of carbonyl (C=O) groups is 2. The van der Waals surface area contributed by atoms with Gasteiger partial charge in [-0.15, -0.1) is 0 Å². The first-order valence-corrected chi connectivity index (χ1v) is 15.5. The number of methoxy groups -OCH3 is 1. The van der Waals surface area contributed by atoms with Gasteiger partial charge in [0, 0.05) is 50.3 Å². The minimum absolute atomic E-state index is 0.0200. The number of aromatic nitrogens is 1. The van der Waals surface area contributed by atoms with Crippen molar-refractivity contribution in [1.82, 2.24) is 14.4 Å². The van der Waals surface area contributed by atoms with Crippen LogP contribution in [0, 0.1) is 5.92 Å². The number of unbranched alkanes of at least 4 members (excludes halogenated alkanes) is 2. The highest BCUT2D eigenvalue weighted by Gasteiger charge is 2.47. The summed E-state index contributed by atoms with van der Waals surface area (Å²) >= 11 is 0. The lowest BCUT2D eigenvalue weighted by Crippen LogP contribution is -2.45. The summed E-state index contributed by atoms with van der Waals surface area (Å²) in [7, 11) is 8.00. The largest absolute Gasteiger partial charge is 0.494 e. The molecular weight excluding hydrogens is 568 g/mol. The number of likely N-dealkylation sites (tertiary alicyclic amines) is 1. The second-order valence-corrected chi connectivity index (χ2v) is 12.9. The number of hydrogen-bond donors (Lipinski definition) is 3. The zero-order chi connectivity index (χ0) is 32.0. The van der Waals surface area contributed by atoms with Crippen molar-refractivity contribution in [2.45, 2.75) is 57.5 Å². The summed E-state index contributed by atoms with van der Waals surface area (Å²) in [5.41, 5.74) is 0.730. The van der Waals surface area contributed by atoms with E-state index >= 15 is 0 Å². The Balaban J connectivity index is 1.60. The van der Waals surface area contributed by atoms with Crippen LogP contribution in [0.1, 0.15) is 50.5 Å². The minimum Gasteiger partial charge on any atom is -0.494 e. The van der Waals surface area contributed by atoms with Crippen molar-refractivity contribution < 1.29 is 43.6 Å².